The highest BCUT2D eigenvalue weighted by atomic mass is 35.5. The summed E-state index contributed by atoms with van der Waals surface area (Å²) < 4.78 is 0. The molecular weight excluding hydrogens is 282 g/mol. The molecule has 118 valence electrons. The summed E-state index contributed by atoms with van der Waals surface area (Å²) in [6, 6.07) is 2.16. The number of nitrogens with one attached hydrogen (secondary N) is 1. The number of aromatic nitrogens is 1. The van der Waals surface area contributed by atoms with E-state index in [0.717, 1.165) is 36.0 Å². The molecule has 1 saturated heterocycles. The van der Waals surface area contributed by atoms with Gasteiger partial charge in [-0.3, -0.25) is 0 Å². The number of pyridine rings is 1. The van der Waals surface area contributed by atoms with Gasteiger partial charge in [0.2, 0.25) is 0 Å². The van der Waals surface area contributed by atoms with Gasteiger partial charge in [-0.1, -0.05) is 30.9 Å². The van der Waals surface area contributed by atoms with E-state index in [1.54, 1.807) is 6.20 Å². The van der Waals surface area contributed by atoms with E-state index in [0.29, 0.717) is 0 Å². The van der Waals surface area contributed by atoms with Crippen molar-refractivity contribution in [3.05, 3.63) is 22.8 Å². The molecule has 1 aromatic heterocycles. The Kier molecular flexibility index (Phi) is 5.88. The van der Waals surface area contributed by atoms with Crippen molar-refractivity contribution < 1.29 is 0 Å². The summed E-state index contributed by atoms with van der Waals surface area (Å²) in [6.07, 6.45) is 8.38. The maximum absolute atomic E-state index is 6.30. The molecule has 2 heterocycles. The lowest BCUT2D eigenvalue weighted by atomic mass is 10.1. The van der Waals surface area contributed by atoms with E-state index in [9.17, 15) is 0 Å². The van der Waals surface area contributed by atoms with Crippen LogP contribution in [0.15, 0.2) is 12.3 Å². The molecule has 0 atom stereocenters. The van der Waals surface area contributed by atoms with Crippen LogP contribution in [-0.4, -0.2) is 23.6 Å². The Morgan fingerprint density at radius 3 is 2.38 bits per heavy atom. The molecule has 0 amide bonds. The quantitative estimate of drug-likeness (QED) is 0.897. The van der Waals surface area contributed by atoms with E-state index in [2.05, 4.69) is 42.0 Å². The zero-order valence-electron chi connectivity index (χ0n) is 13.6. The highest BCUT2D eigenvalue weighted by Gasteiger charge is 2.14. The minimum absolute atomic E-state index is 0.0906. The first kappa shape index (κ1) is 16.6. The molecular formula is C17H28ClN3. The SMILES string of the molecule is CC(C)(C)NCc1cc(N2CCCCCCC2)ncc1Cl. The van der Waals surface area contributed by atoms with Crippen LogP contribution in [0.5, 0.6) is 0 Å². The standard InChI is InChI=1S/C17H28ClN3/c1-17(2,3)20-12-14-11-16(19-13-15(14)18)21-9-7-5-4-6-8-10-21/h11,13,20H,4-10,12H2,1-3H3. The van der Waals surface area contributed by atoms with Gasteiger partial charge in [-0.25, -0.2) is 4.98 Å². The minimum atomic E-state index is 0.0906. The molecule has 1 N–H and O–H groups in total. The van der Waals surface area contributed by atoms with E-state index in [1.807, 2.05) is 0 Å². The van der Waals surface area contributed by atoms with Crippen molar-refractivity contribution in [1.82, 2.24) is 10.3 Å². The highest BCUT2D eigenvalue weighted by Crippen LogP contribution is 2.23. The normalized spacial score (nSPS) is 17.4. The first-order valence-corrected chi connectivity index (χ1v) is 8.48. The van der Waals surface area contributed by atoms with Gasteiger partial charge in [-0.15, -0.1) is 0 Å². The molecule has 3 nitrogen and oxygen atoms in total. The van der Waals surface area contributed by atoms with Gasteiger partial charge < -0.3 is 10.2 Å². The van der Waals surface area contributed by atoms with Crippen molar-refractivity contribution in [2.24, 2.45) is 0 Å². The highest BCUT2D eigenvalue weighted by molar-refractivity contribution is 6.31. The van der Waals surface area contributed by atoms with E-state index in [4.69, 9.17) is 11.6 Å². The average Bonchev–Trinajstić information content (AvgIpc) is 2.37. The van der Waals surface area contributed by atoms with Gasteiger partial charge in [0.15, 0.2) is 0 Å². The lowest BCUT2D eigenvalue weighted by Gasteiger charge is -2.27. The molecule has 0 spiro atoms. The molecule has 0 radical (unpaired) electrons. The average molecular weight is 310 g/mol. The number of halogens is 1. The molecule has 2 rings (SSSR count). The molecule has 1 aromatic rings. The van der Waals surface area contributed by atoms with Crippen LogP contribution in [0.25, 0.3) is 0 Å². The first-order chi connectivity index (χ1) is 9.96. The van der Waals surface area contributed by atoms with Gasteiger partial charge >= 0.3 is 0 Å². The van der Waals surface area contributed by atoms with Crippen LogP contribution in [0.1, 0.15) is 58.4 Å². The topological polar surface area (TPSA) is 28.2 Å². The summed E-state index contributed by atoms with van der Waals surface area (Å²) in [6.45, 7) is 9.51. The Morgan fingerprint density at radius 1 is 1.14 bits per heavy atom. The van der Waals surface area contributed by atoms with Crippen LogP contribution in [0.3, 0.4) is 0 Å². The van der Waals surface area contributed by atoms with Crippen molar-refractivity contribution >= 4 is 17.4 Å². The summed E-state index contributed by atoms with van der Waals surface area (Å²) in [5, 5.41) is 4.25. The molecule has 1 fully saturated rings. The third kappa shape index (κ3) is 5.48. The molecule has 0 aliphatic carbocycles. The number of hydrogen-bond donors (Lipinski definition) is 1. The molecule has 0 bridgehead atoms. The number of nitrogens with zero attached hydrogens (tertiary/aromatic N) is 2. The van der Waals surface area contributed by atoms with Gasteiger partial charge in [-0.2, -0.15) is 0 Å². The predicted octanol–water partition coefficient (Wildman–Crippen LogP) is 4.39. The van der Waals surface area contributed by atoms with E-state index >= 15 is 0 Å². The van der Waals surface area contributed by atoms with Gasteiger partial charge in [0.05, 0.1) is 5.02 Å². The van der Waals surface area contributed by atoms with Crippen molar-refractivity contribution in [1.29, 1.82) is 0 Å². The molecule has 1 aliphatic rings. The molecule has 1 aliphatic heterocycles. The van der Waals surface area contributed by atoms with E-state index in [1.165, 1.54) is 32.1 Å². The molecule has 0 saturated carbocycles. The van der Waals surface area contributed by atoms with Crippen LogP contribution in [0, 0.1) is 0 Å². The maximum atomic E-state index is 6.30. The number of hydrogen-bond acceptors (Lipinski definition) is 3. The van der Waals surface area contributed by atoms with Crippen molar-refractivity contribution in [2.75, 3.05) is 18.0 Å². The fourth-order valence-electron chi connectivity index (χ4n) is 2.61. The van der Waals surface area contributed by atoms with Crippen molar-refractivity contribution in [3.8, 4) is 0 Å². The third-order valence-electron chi connectivity index (χ3n) is 3.91. The van der Waals surface area contributed by atoms with Gasteiger partial charge in [-0.05, 0) is 45.2 Å². The smallest absolute Gasteiger partial charge is 0.128 e. The lowest BCUT2D eigenvalue weighted by molar-refractivity contribution is 0.424. The Morgan fingerprint density at radius 2 is 1.76 bits per heavy atom. The monoisotopic (exact) mass is 309 g/mol. The lowest BCUT2D eigenvalue weighted by Crippen LogP contribution is -2.35. The van der Waals surface area contributed by atoms with Crippen molar-refractivity contribution in [2.45, 2.75) is 65.0 Å². The number of anilines is 1. The van der Waals surface area contributed by atoms with Crippen LogP contribution in [0.4, 0.5) is 5.82 Å². The Hall–Kier alpha value is -0.800. The maximum Gasteiger partial charge on any atom is 0.128 e. The number of rotatable bonds is 3. The summed E-state index contributed by atoms with van der Waals surface area (Å²) >= 11 is 6.30. The Labute approximate surface area is 134 Å². The fourth-order valence-corrected chi connectivity index (χ4v) is 2.78. The Balaban J connectivity index is 2.09. The summed E-state index contributed by atoms with van der Waals surface area (Å²) in [5.41, 5.74) is 1.23. The third-order valence-corrected chi connectivity index (χ3v) is 4.25. The second kappa shape index (κ2) is 7.46. The van der Waals surface area contributed by atoms with E-state index < -0.39 is 0 Å². The summed E-state index contributed by atoms with van der Waals surface area (Å²) in [4.78, 5) is 6.96. The van der Waals surface area contributed by atoms with Gasteiger partial charge in [0.25, 0.3) is 0 Å². The Bertz CT molecular complexity index is 446. The summed E-state index contributed by atoms with van der Waals surface area (Å²) in [5.74, 6) is 1.08. The second-order valence-corrected chi connectivity index (χ2v) is 7.40. The van der Waals surface area contributed by atoms with Gasteiger partial charge in [0, 0.05) is 31.4 Å². The fraction of sp³-hybridized carbons (Fsp3) is 0.706. The molecule has 4 heteroatoms. The zero-order valence-corrected chi connectivity index (χ0v) is 14.3. The molecule has 0 unspecified atom stereocenters. The van der Waals surface area contributed by atoms with Gasteiger partial charge in [0.1, 0.15) is 5.82 Å². The predicted molar refractivity (Wildman–Crippen MR) is 91.1 cm³/mol. The zero-order chi connectivity index (χ0) is 15.3. The molecule has 0 aromatic carbocycles. The summed E-state index contributed by atoms with van der Waals surface area (Å²) in [7, 11) is 0. The van der Waals surface area contributed by atoms with Crippen LogP contribution < -0.4 is 10.2 Å². The van der Waals surface area contributed by atoms with E-state index in [-0.39, 0.29) is 5.54 Å². The van der Waals surface area contributed by atoms with Crippen LogP contribution >= 0.6 is 11.6 Å². The minimum Gasteiger partial charge on any atom is -0.357 e. The first-order valence-electron chi connectivity index (χ1n) is 8.10. The van der Waals surface area contributed by atoms with Crippen LogP contribution in [0.2, 0.25) is 5.02 Å². The van der Waals surface area contributed by atoms with Crippen molar-refractivity contribution in [3.63, 3.8) is 0 Å². The molecule has 21 heavy (non-hydrogen) atoms. The van der Waals surface area contributed by atoms with Crippen LogP contribution in [-0.2, 0) is 6.54 Å². The largest absolute Gasteiger partial charge is 0.357 e. The second-order valence-electron chi connectivity index (χ2n) is 6.99.